The van der Waals surface area contributed by atoms with Crippen LogP contribution in [0.2, 0.25) is 0 Å². The van der Waals surface area contributed by atoms with Crippen molar-refractivity contribution in [3.05, 3.63) is 46.5 Å². The fourth-order valence-electron chi connectivity index (χ4n) is 2.47. The van der Waals surface area contributed by atoms with Crippen molar-refractivity contribution in [3.63, 3.8) is 0 Å². The Morgan fingerprint density at radius 2 is 2.14 bits per heavy atom. The van der Waals surface area contributed by atoms with E-state index < -0.39 is 0 Å². The number of rotatable bonds is 3. The third-order valence-corrected chi connectivity index (χ3v) is 3.67. The van der Waals surface area contributed by atoms with Crippen LogP contribution < -0.4 is 15.8 Å². The van der Waals surface area contributed by atoms with Gasteiger partial charge in [-0.2, -0.15) is 0 Å². The molecule has 0 atom stereocenters. The summed E-state index contributed by atoms with van der Waals surface area (Å²) in [7, 11) is 1.76. The van der Waals surface area contributed by atoms with Crippen LogP contribution in [0.5, 0.6) is 0 Å². The van der Waals surface area contributed by atoms with E-state index in [9.17, 15) is 9.59 Å². The molecule has 1 amide bonds. The Labute approximate surface area is 122 Å². The van der Waals surface area contributed by atoms with E-state index >= 15 is 0 Å². The van der Waals surface area contributed by atoms with E-state index in [2.05, 4.69) is 10.3 Å². The van der Waals surface area contributed by atoms with E-state index in [1.54, 1.807) is 28.9 Å². The summed E-state index contributed by atoms with van der Waals surface area (Å²) in [5, 5.41) is 3.03. The molecule has 6 nitrogen and oxygen atoms in total. The van der Waals surface area contributed by atoms with Crippen LogP contribution in [0.1, 0.15) is 12.5 Å². The van der Waals surface area contributed by atoms with Gasteiger partial charge in [0.2, 0.25) is 5.91 Å². The summed E-state index contributed by atoms with van der Waals surface area (Å²) in [4.78, 5) is 29.5. The summed E-state index contributed by atoms with van der Waals surface area (Å²) >= 11 is 0. The smallest absolute Gasteiger partial charge is 0.293 e. The molecule has 2 heterocycles. The van der Waals surface area contributed by atoms with Crippen molar-refractivity contribution in [2.75, 3.05) is 17.3 Å². The number of hydrogen-bond acceptors (Lipinski definition) is 4. The Bertz CT molecular complexity index is 767. The van der Waals surface area contributed by atoms with Crippen molar-refractivity contribution in [1.29, 1.82) is 0 Å². The number of carbonyl (C=O) groups is 1. The van der Waals surface area contributed by atoms with Crippen molar-refractivity contribution in [2.45, 2.75) is 19.9 Å². The molecular weight excluding hydrogens is 268 g/mol. The highest BCUT2D eigenvalue weighted by molar-refractivity contribution is 6.01. The lowest BCUT2D eigenvalue weighted by Gasteiger charge is -2.11. The zero-order chi connectivity index (χ0) is 15.0. The monoisotopic (exact) mass is 284 g/mol. The molecule has 1 aromatic heterocycles. The van der Waals surface area contributed by atoms with Gasteiger partial charge in [0.15, 0.2) is 5.82 Å². The maximum atomic E-state index is 12.1. The third-order valence-electron chi connectivity index (χ3n) is 3.67. The summed E-state index contributed by atoms with van der Waals surface area (Å²) in [5.41, 5.74) is 2.47. The quantitative estimate of drug-likeness (QED) is 0.928. The van der Waals surface area contributed by atoms with Crippen molar-refractivity contribution in [1.82, 2.24) is 9.55 Å². The number of fused-ring (bicyclic) bond motifs is 1. The van der Waals surface area contributed by atoms with Crippen molar-refractivity contribution >= 4 is 23.1 Å². The fraction of sp³-hybridized carbons (Fsp3) is 0.267. The third kappa shape index (κ3) is 2.29. The summed E-state index contributed by atoms with van der Waals surface area (Å²) in [6, 6.07) is 5.61. The van der Waals surface area contributed by atoms with Gasteiger partial charge in [-0.1, -0.05) is 0 Å². The molecule has 1 N–H and O–H groups in total. The first kappa shape index (κ1) is 13.4. The highest BCUT2D eigenvalue weighted by Crippen LogP contribution is 2.30. The van der Waals surface area contributed by atoms with Gasteiger partial charge < -0.3 is 14.8 Å². The summed E-state index contributed by atoms with van der Waals surface area (Å²) in [6.07, 6.45) is 3.64. The maximum Gasteiger partial charge on any atom is 0.293 e. The predicted octanol–water partition coefficient (Wildman–Crippen LogP) is 1.53. The van der Waals surface area contributed by atoms with Crippen LogP contribution in [0, 0.1) is 0 Å². The zero-order valence-corrected chi connectivity index (χ0v) is 12.0. The van der Waals surface area contributed by atoms with Gasteiger partial charge in [0.05, 0.1) is 6.42 Å². The Hall–Kier alpha value is -2.63. The number of hydrogen-bond donors (Lipinski definition) is 1. The molecule has 3 rings (SSSR count). The number of nitrogens with zero attached hydrogens (tertiary/aromatic N) is 3. The lowest BCUT2D eigenvalue weighted by molar-refractivity contribution is -0.117. The average Bonchev–Trinajstić information content (AvgIpc) is 2.76. The molecule has 108 valence electrons. The van der Waals surface area contributed by atoms with Crippen LogP contribution in [0.15, 0.2) is 35.4 Å². The van der Waals surface area contributed by atoms with Crippen LogP contribution in [0.25, 0.3) is 0 Å². The van der Waals surface area contributed by atoms with Gasteiger partial charge in [-0.15, -0.1) is 0 Å². The molecule has 0 saturated heterocycles. The zero-order valence-electron chi connectivity index (χ0n) is 12.0. The topological polar surface area (TPSA) is 67.2 Å². The molecule has 0 radical (unpaired) electrons. The minimum Gasteiger partial charge on any atom is -0.336 e. The second-order valence-electron chi connectivity index (χ2n) is 4.97. The Morgan fingerprint density at radius 3 is 2.90 bits per heavy atom. The first-order chi connectivity index (χ1) is 10.1. The number of benzene rings is 1. The largest absolute Gasteiger partial charge is 0.336 e. The van der Waals surface area contributed by atoms with Gasteiger partial charge in [-0.25, -0.2) is 4.98 Å². The van der Waals surface area contributed by atoms with Gasteiger partial charge in [-0.05, 0) is 30.7 Å². The minimum atomic E-state index is -0.159. The standard InChI is InChI=1S/C15H16N4O2/c1-3-19-7-6-16-14(15(19)21)17-11-4-5-12-10(8-11)9-13(20)18(12)2/h4-8H,3,9H2,1-2H3,(H,16,17). The Morgan fingerprint density at radius 1 is 1.33 bits per heavy atom. The van der Waals surface area contributed by atoms with Gasteiger partial charge in [-0.3, -0.25) is 9.59 Å². The second-order valence-corrected chi connectivity index (χ2v) is 4.97. The van der Waals surface area contributed by atoms with E-state index in [0.717, 1.165) is 16.9 Å². The van der Waals surface area contributed by atoms with Gasteiger partial charge in [0, 0.05) is 37.4 Å². The molecule has 1 aliphatic rings. The first-order valence-corrected chi connectivity index (χ1v) is 6.82. The molecule has 21 heavy (non-hydrogen) atoms. The molecule has 0 fully saturated rings. The normalized spacial score (nSPS) is 13.4. The number of anilines is 3. The summed E-state index contributed by atoms with van der Waals surface area (Å²) < 4.78 is 1.58. The molecule has 0 aliphatic carbocycles. The Balaban J connectivity index is 1.92. The van der Waals surface area contributed by atoms with Crippen LogP contribution in [0.3, 0.4) is 0 Å². The van der Waals surface area contributed by atoms with E-state index in [0.29, 0.717) is 13.0 Å². The van der Waals surface area contributed by atoms with Crippen molar-refractivity contribution in [2.24, 2.45) is 0 Å². The SMILES string of the molecule is CCn1ccnc(Nc2ccc3c(c2)CC(=O)N3C)c1=O. The molecule has 2 aromatic rings. The van der Waals surface area contributed by atoms with Crippen molar-refractivity contribution < 1.29 is 4.79 Å². The molecule has 0 spiro atoms. The number of likely N-dealkylation sites (N-methyl/N-ethyl adjacent to an activating group) is 1. The highest BCUT2D eigenvalue weighted by atomic mass is 16.2. The number of carbonyl (C=O) groups excluding carboxylic acids is 1. The van der Waals surface area contributed by atoms with Gasteiger partial charge >= 0.3 is 0 Å². The van der Waals surface area contributed by atoms with Crippen LogP contribution >= 0.6 is 0 Å². The molecule has 6 heteroatoms. The number of amides is 1. The first-order valence-electron chi connectivity index (χ1n) is 6.82. The fourth-order valence-corrected chi connectivity index (χ4v) is 2.47. The lowest BCUT2D eigenvalue weighted by Crippen LogP contribution is -2.22. The predicted molar refractivity (Wildman–Crippen MR) is 81.0 cm³/mol. The van der Waals surface area contributed by atoms with Crippen LogP contribution in [0.4, 0.5) is 17.2 Å². The Kier molecular flexibility index (Phi) is 3.21. The molecule has 1 aromatic carbocycles. The second kappa shape index (κ2) is 5.05. The highest BCUT2D eigenvalue weighted by Gasteiger charge is 2.23. The molecule has 0 unspecified atom stereocenters. The van der Waals surface area contributed by atoms with Gasteiger partial charge in [0.1, 0.15) is 0 Å². The summed E-state index contributed by atoms with van der Waals surface area (Å²) in [5.74, 6) is 0.366. The molecule has 1 aliphatic heterocycles. The number of nitrogens with one attached hydrogen (secondary N) is 1. The van der Waals surface area contributed by atoms with Gasteiger partial charge in [0.25, 0.3) is 5.56 Å². The van der Waals surface area contributed by atoms with E-state index in [4.69, 9.17) is 0 Å². The average molecular weight is 284 g/mol. The molecular formula is C15H16N4O2. The van der Waals surface area contributed by atoms with Crippen molar-refractivity contribution in [3.8, 4) is 0 Å². The van der Waals surface area contributed by atoms with E-state index in [-0.39, 0.29) is 17.3 Å². The summed E-state index contributed by atoms with van der Waals surface area (Å²) in [6.45, 7) is 2.50. The lowest BCUT2D eigenvalue weighted by atomic mass is 10.1. The molecule has 0 saturated carbocycles. The number of aromatic nitrogens is 2. The maximum absolute atomic E-state index is 12.1. The number of aryl methyl sites for hydroxylation is 1. The van der Waals surface area contributed by atoms with Crippen LogP contribution in [-0.2, 0) is 17.8 Å². The minimum absolute atomic E-state index is 0.0772. The van der Waals surface area contributed by atoms with Crippen LogP contribution in [-0.4, -0.2) is 22.5 Å². The van der Waals surface area contributed by atoms with E-state index in [1.807, 2.05) is 25.1 Å². The van der Waals surface area contributed by atoms with E-state index in [1.165, 1.54) is 0 Å². The molecule has 0 bridgehead atoms.